The average Bonchev–Trinajstić information content (AvgIpc) is 1.89. The van der Waals surface area contributed by atoms with Crippen molar-refractivity contribution in [2.45, 2.75) is 12.8 Å². The van der Waals surface area contributed by atoms with Crippen molar-refractivity contribution in [1.29, 1.82) is 0 Å². The first-order valence-electron chi connectivity index (χ1n) is 3.21. The van der Waals surface area contributed by atoms with Gasteiger partial charge in [0.05, 0.1) is 13.2 Å². The molecule has 0 bridgehead atoms. The molecule has 0 aromatic rings. The summed E-state index contributed by atoms with van der Waals surface area (Å²) in [5.74, 6) is 0. The summed E-state index contributed by atoms with van der Waals surface area (Å²) in [5.41, 5.74) is 0. The molecule has 0 spiro atoms. The summed E-state index contributed by atoms with van der Waals surface area (Å²) in [6, 6.07) is 0. The Morgan fingerprint density at radius 1 is 0.889 bits per heavy atom. The van der Waals surface area contributed by atoms with E-state index in [4.69, 9.17) is 14.9 Å². The van der Waals surface area contributed by atoms with Crippen molar-refractivity contribution < 1.29 is 14.9 Å². The molecular weight excluding hydrogens is 120 g/mol. The molecular formula is C6H14O3. The molecule has 0 saturated carbocycles. The van der Waals surface area contributed by atoms with Gasteiger partial charge in [0.2, 0.25) is 0 Å². The van der Waals surface area contributed by atoms with Crippen molar-refractivity contribution in [3.63, 3.8) is 0 Å². The van der Waals surface area contributed by atoms with E-state index in [1.807, 2.05) is 0 Å². The van der Waals surface area contributed by atoms with Gasteiger partial charge in [-0.15, -0.1) is 0 Å². The fraction of sp³-hybridized carbons (Fsp3) is 1.00. The SMILES string of the molecule is OCCCCOCCO. The van der Waals surface area contributed by atoms with E-state index in [9.17, 15) is 0 Å². The van der Waals surface area contributed by atoms with Crippen molar-refractivity contribution in [3.8, 4) is 0 Å². The lowest BCUT2D eigenvalue weighted by molar-refractivity contribution is 0.0871. The zero-order valence-corrected chi connectivity index (χ0v) is 5.55. The summed E-state index contributed by atoms with van der Waals surface area (Å²) in [4.78, 5) is 0. The summed E-state index contributed by atoms with van der Waals surface area (Å²) in [5, 5.41) is 16.6. The predicted molar refractivity (Wildman–Crippen MR) is 34.2 cm³/mol. The van der Waals surface area contributed by atoms with E-state index in [1.54, 1.807) is 0 Å². The van der Waals surface area contributed by atoms with Gasteiger partial charge >= 0.3 is 0 Å². The van der Waals surface area contributed by atoms with Crippen LogP contribution in [0.5, 0.6) is 0 Å². The van der Waals surface area contributed by atoms with Gasteiger partial charge in [0.1, 0.15) is 0 Å². The highest BCUT2D eigenvalue weighted by Crippen LogP contribution is 1.86. The van der Waals surface area contributed by atoms with Crippen molar-refractivity contribution >= 4 is 0 Å². The molecule has 0 aromatic heterocycles. The molecule has 0 saturated heterocycles. The van der Waals surface area contributed by atoms with Crippen molar-refractivity contribution in [1.82, 2.24) is 0 Å². The van der Waals surface area contributed by atoms with Gasteiger partial charge in [-0.2, -0.15) is 0 Å². The maximum Gasteiger partial charge on any atom is 0.0697 e. The van der Waals surface area contributed by atoms with E-state index in [1.165, 1.54) is 0 Å². The van der Waals surface area contributed by atoms with E-state index in [-0.39, 0.29) is 13.2 Å². The number of ether oxygens (including phenoxy) is 1. The molecule has 0 unspecified atom stereocenters. The molecule has 0 aliphatic carbocycles. The first kappa shape index (κ1) is 8.88. The van der Waals surface area contributed by atoms with Crippen molar-refractivity contribution in [2.24, 2.45) is 0 Å². The second-order valence-electron chi connectivity index (χ2n) is 1.77. The van der Waals surface area contributed by atoms with Crippen LogP contribution in [0.2, 0.25) is 0 Å². The zero-order chi connectivity index (χ0) is 6.95. The van der Waals surface area contributed by atoms with Gasteiger partial charge < -0.3 is 14.9 Å². The Kier molecular flexibility index (Phi) is 7.77. The highest BCUT2D eigenvalue weighted by molar-refractivity contribution is 4.35. The van der Waals surface area contributed by atoms with Gasteiger partial charge in [-0.05, 0) is 12.8 Å². The van der Waals surface area contributed by atoms with E-state index in [2.05, 4.69) is 0 Å². The van der Waals surface area contributed by atoms with Crippen LogP contribution < -0.4 is 0 Å². The summed E-state index contributed by atoms with van der Waals surface area (Å²) >= 11 is 0. The Labute approximate surface area is 55.3 Å². The largest absolute Gasteiger partial charge is 0.396 e. The summed E-state index contributed by atoms with van der Waals surface area (Å²) in [7, 11) is 0. The monoisotopic (exact) mass is 134 g/mol. The first-order valence-corrected chi connectivity index (χ1v) is 3.21. The summed E-state index contributed by atoms with van der Waals surface area (Å²) in [6.07, 6.45) is 1.65. The van der Waals surface area contributed by atoms with E-state index < -0.39 is 0 Å². The topological polar surface area (TPSA) is 49.7 Å². The molecule has 3 nitrogen and oxygen atoms in total. The molecule has 3 heteroatoms. The minimum absolute atomic E-state index is 0.0825. The van der Waals surface area contributed by atoms with Crippen LogP contribution in [0.25, 0.3) is 0 Å². The Morgan fingerprint density at radius 3 is 2.22 bits per heavy atom. The molecule has 0 aromatic carbocycles. The van der Waals surface area contributed by atoms with Gasteiger partial charge in [0.25, 0.3) is 0 Å². The van der Waals surface area contributed by atoms with Gasteiger partial charge in [-0.25, -0.2) is 0 Å². The normalized spacial score (nSPS) is 10.0. The Hall–Kier alpha value is -0.120. The van der Waals surface area contributed by atoms with Crippen LogP contribution in [-0.4, -0.2) is 36.6 Å². The van der Waals surface area contributed by atoms with Crippen LogP contribution in [0.1, 0.15) is 12.8 Å². The lowest BCUT2D eigenvalue weighted by Gasteiger charge is -1.98. The molecule has 0 aliphatic rings. The summed E-state index contributed by atoms with van der Waals surface area (Å²) in [6.45, 7) is 1.36. The van der Waals surface area contributed by atoms with Crippen molar-refractivity contribution in [3.05, 3.63) is 0 Å². The van der Waals surface area contributed by atoms with Crippen LogP contribution in [0, 0.1) is 0 Å². The minimum Gasteiger partial charge on any atom is -0.396 e. The highest BCUT2D eigenvalue weighted by Gasteiger charge is 1.85. The molecule has 0 fully saturated rings. The first-order chi connectivity index (χ1) is 4.41. The van der Waals surface area contributed by atoms with Crippen molar-refractivity contribution in [2.75, 3.05) is 26.4 Å². The minimum atomic E-state index is 0.0825. The lowest BCUT2D eigenvalue weighted by Crippen LogP contribution is -2.01. The maximum absolute atomic E-state index is 8.32. The predicted octanol–water partition coefficient (Wildman–Crippen LogP) is -0.232. The Balaban J connectivity index is 2.60. The number of hydrogen-bond donors (Lipinski definition) is 2. The number of aliphatic hydroxyl groups excluding tert-OH is 2. The molecule has 0 amide bonds. The molecule has 0 atom stereocenters. The number of rotatable bonds is 6. The van der Waals surface area contributed by atoms with Crippen LogP contribution in [-0.2, 0) is 4.74 Å². The van der Waals surface area contributed by atoms with Crippen LogP contribution >= 0.6 is 0 Å². The van der Waals surface area contributed by atoms with E-state index in [0.29, 0.717) is 13.2 Å². The third-order valence-electron chi connectivity index (χ3n) is 0.932. The molecule has 9 heavy (non-hydrogen) atoms. The maximum atomic E-state index is 8.32. The average molecular weight is 134 g/mol. The third-order valence-corrected chi connectivity index (χ3v) is 0.932. The second-order valence-corrected chi connectivity index (χ2v) is 1.77. The van der Waals surface area contributed by atoms with Crippen LogP contribution in [0.15, 0.2) is 0 Å². The van der Waals surface area contributed by atoms with E-state index in [0.717, 1.165) is 12.8 Å². The van der Waals surface area contributed by atoms with E-state index >= 15 is 0 Å². The third kappa shape index (κ3) is 7.88. The van der Waals surface area contributed by atoms with Crippen LogP contribution in [0.4, 0.5) is 0 Å². The second kappa shape index (κ2) is 7.88. The fourth-order valence-corrected chi connectivity index (χ4v) is 0.483. The number of hydrogen-bond acceptors (Lipinski definition) is 3. The standard InChI is InChI=1S/C6H14O3/c7-3-1-2-5-9-6-4-8/h7-8H,1-6H2. The Bertz CT molecular complexity index is 41.6. The van der Waals surface area contributed by atoms with Gasteiger partial charge in [-0.3, -0.25) is 0 Å². The molecule has 0 radical (unpaired) electrons. The van der Waals surface area contributed by atoms with Gasteiger partial charge in [0.15, 0.2) is 0 Å². The number of unbranched alkanes of at least 4 members (excludes halogenated alkanes) is 1. The molecule has 0 aliphatic heterocycles. The smallest absolute Gasteiger partial charge is 0.0697 e. The molecule has 2 N–H and O–H groups in total. The summed E-state index contributed by atoms with van der Waals surface area (Å²) < 4.78 is 4.92. The fourth-order valence-electron chi connectivity index (χ4n) is 0.483. The molecule has 0 rings (SSSR count). The quantitative estimate of drug-likeness (QED) is 0.493. The lowest BCUT2D eigenvalue weighted by atomic mass is 10.3. The zero-order valence-electron chi connectivity index (χ0n) is 5.55. The molecule has 56 valence electrons. The van der Waals surface area contributed by atoms with Crippen LogP contribution in [0.3, 0.4) is 0 Å². The van der Waals surface area contributed by atoms with Gasteiger partial charge in [0, 0.05) is 13.2 Å². The highest BCUT2D eigenvalue weighted by atomic mass is 16.5. The Morgan fingerprint density at radius 2 is 1.67 bits per heavy atom. The molecule has 0 heterocycles. The number of aliphatic hydroxyl groups is 2. The van der Waals surface area contributed by atoms with Gasteiger partial charge in [-0.1, -0.05) is 0 Å².